The summed E-state index contributed by atoms with van der Waals surface area (Å²) >= 11 is 5.49. The zero-order chi connectivity index (χ0) is 28.4. The molecular weight excluding hydrogens is 538 g/mol. The smallest absolute Gasteiger partial charge is 0.265 e. The Morgan fingerprint density at radius 2 is 1.49 bits per heavy atom. The van der Waals surface area contributed by atoms with Gasteiger partial charge in [-0.2, -0.15) is 8.42 Å². The molecule has 2 heterocycles. The Hall–Kier alpha value is -3.28. The summed E-state index contributed by atoms with van der Waals surface area (Å²) in [6.07, 6.45) is 11.7. The summed E-state index contributed by atoms with van der Waals surface area (Å²) in [6, 6.07) is 9.44. The number of carbonyl (C=O) groups excluding carboxylic acids is 2. The van der Waals surface area contributed by atoms with E-state index in [1.807, 2.05) is 44.2 Å². The summed E-state index contributed by atoms with van der Waals surface area (Å²) in [6.45, 7) is 5.26. The molecule has 1 N–H and O–H groups in total. The molecule has 2 aliphatic heterocycles. The molecule has 0 atom stereocenters. The summed E-state index contributed by atoms with van der Waals surface area (Å²) in [5.41, 5.74) is 0.895. The number of nitrogens with zero attached hydrogens (tertiary/aromatic N) is 3. The van der Waals surface area contributed by atoms with Gasteiger partial charge in [0.05, 0.1) is 12.0 Å². The average molecular weight is 574 g/mol. The van der Waals surface area contributed by atoms with E-state index < -0.39 is 21.9 Å². The Balaban J connectivity index is 1.82. The van der Waals surface area contributed by atoms with Crippen molar-refractivity contribution in [3.8, 4) is 0 Å². The first kappa shape index (κ1) is 30.3. The molecule has 9 nitrogen and oxygen atoms in total. The third-order valence-electron chi connectivity index (χ3n) is 6.13. The largest absolute Gasteiger partial charge is 0.439 e. The van der Waals surface area contributed by atoms with Gasteiger partial charge >= 0.3 is 0 Å². The van der Waals surface area contributed by atoms with E-state index in [1.165, 1.54) is 15.9 Å². The van der Waals surface area contributed by atoms with Gasteiger partial charge in [-0.15, -0.1) is 0 Å². The lowest BCUT2D eigenvalue weighted by atomic mass is 10.1. The molecule has 0 saturated carbocycles. The van der Waals surface area contributed by atoms with Gasteiger partial charge in [-0.3, -0.25) is 23.9 Å². The molecule has 1 aromatic carbocycles. The summed E-state index contributed by atoms with van der Waals surface area (Å²) in [5, 5.41) is 0.259. The molecule has 0 unspecified atom stereocenters. The molecule has 1 aromatic rings. The molecule has 0 spiro atoms. The van der Waals surface area contributed by atoms with Crippen LogP contribution in [0.3, 0.4) is 0 Å². The van der Waals surface area contributed by atoms with Gasteiger partial charge < -0.3 is 9.64 Å². The molecule has 39 heavy (non-hydrogen) atoms. The number of hydrogen-bond acceptors (Lipinski definition) is 7. The van der Waals surface area contributed by atoms with Gasteiger partial charge in [0, 0.05) is 25.2 Å². The lowest BCUT2D eigenvalue weighted by Crippen LogP contribution is -2.56. The van der Waals surface area contributed by atoms with Crippen molar-refractivity contribution in [1.82, 2.24) is 14.7 Å². The second-order valence-corrected chi connectivity index (χ2v) is 11.1. The van der Waals surface area contributed by atoms with Crippen LogP contribution < -0.4 is 0 Å². The first-order chi connectivity index (χ1) is 18.7. The Kier molecular flexibility index (Phi) is 11.0. The molecule has 210 valence electrons. The van der Waals surface area contributed by atoms with Crippen LogP contribution in [0.5, 0.6) is 0 Å². The van der Waals surface area contributed by atoms with Gasteiger partial charge in [-0.05, 0) is 43.6 Å². The molecule has 0 bridgehead atoms. The maximum Gasteiger partial charge on any atom is 0.265 e. The Labute approximate surface area is 235 Å². The maximum absolute atomic E-state index is 13.1. The van der Waals surface area contributed by atoms with Crippen molar-refractivity contribution in [1.29, 1.82) is 0 Å². The van der Waals surface area contributed by atoms with E-state index in [-0.39, 0.29) is 22.9 Å². The molecule has 2 amide bonds. The zero-order valence-corrected chi connectivity index (χ0v) is 23.9. The minimum absolute atomic E-state index is 0.0471. The third-order valence-corrected chi connectivity index (χ3v) is 7.37. The fourth-order valence-corrected chi connectivity index (χ4v) is 4.86. The number of hydrogen-bond donors (Lipinski definition) is 1. The van der Waals surface area contributed by atoms with E-state index >= 15 is 0 Å². The second-order valence-electron chi connectivity index (χ2n) is 9.17. The fraction of sp³-hybridized carbons (Fsp3) is 0.393. The topological polar surface area (TPSA) is 107 Å². The first-order valence-corrected chi connectivity index (χ1v) is 15.1. The fourth-order valence-electron chi connectivity index (χ4n) is 4.02. The van der Waals surface area contributed by atoms with Crippen molar-refractivity contribution < 1.29 is 27.3 Å². The van der Waals surface area contributed by atoms with Crippen LogP contribution in [-0.2, 0) is 24.4 Å². The normalized spacial score (nSPS) is 17.5. The summed E-state index contributed by atoms with van der Waals surface area (Å²) < 4.78 is 37.4. The predicted molar refractivity (Wildman–Crippen MR) is 154 cm³/mol. The molecule has 1 fully saturated rings. The molecule has 0 aromatic heterocycles. The summed E-state index contributed by atoms with van der Waals surface area (Å²) in [4.78, 5) is 31.0. The number of allylic oxidation sites excluding steroid dienone is 4. The lowest BCUT2D eigenvalue weighted by Gasteiger charge is -2.36. The monoisotopic (exact) mass is 573 g/mol. The highest BCUT2D eigenvalue weighted by atomic mass is 32.2. The molecule has 11 heteroatoms. The number of ether oxygens (including phenoxy) is 1. The van der Waals surface area contributed by atoms with Gasteiger partial charge in [0.15, 0.2) is 16.8 Å². The molecule has 0 aliphatic carbocycles. The number of rotatable bonds is 13. The van der Waals surface area contributed by atoms with Crippen molar-refractivity contribution in [2.45, 2.75) is 46.0 Å². The minimum atomic E-state index is -4.08. The van der Waals surface area contributed by atoms with E-state index in [2.05, 4.69) is 0 Å². The lowest BCUT2D eigenvalue weighted by molar-refractivity contribution is -0.133. The highest BCUT2D eigenvalue weighted by molar-refractivity contribution is 7.85. The van der Waals surface area contributed by atoms with Gasteiger partial charge in [0.2, 0.25) is 0 Å². The Bertz CT molecular complexity index is 1250. The van der Waals surface area contributed by atoms with Crippen LogP contribution >= 0.6 is 12.2 Å². The van der Waals surface area contributed by atoms with Crippen LogP contribution in [0.4, 0.5) is 0 Å². The highest BCUT2D eigenvalue weighted by Gasteiger charge is 2.38. The standard InChI is InChI=1S/C28H35N3O6S2/c1-3-5-18-30-26(32)23(27(33)31(28(30)38)19-6-4-2)15-10-11-16-25-29(17-12-20-39(34,35)36)21-24(37-25)22-13-8-7-9-14-22/h7-11,13-16,21H,3-6,12,17-20H2,1-2H3,(H,34,35,36). The number of thiocarbonyl (C=S) groups is 1. The van der Waals surface area contributed by atoms with Crippen molar-refractivity contribution in [2.75, 3.05) is 25.4 Å². The van der Waals surface area contributed by atoms with E-state index in [4.69, 9.17) is 21.5 Å². The van der Waals surface area contributed by atoms with Crippen LogP contribution in [0.1, 0.15) is 51.5 Å². The van der Waals surface area contributed by atoms with Crippen LogP contribution in [0.2, 0.25) is 0 Å². The molecule has 1 saturated heterocycles. The Morgan fingerprint density at radius 3 is 2.05 bits per heavy atom. The number of amides is 2. The van der Waals surface area contributed by atoms with Gasteiger partial charge in [0.25, 0.3) is 21.9 Å². The molecular formula is C28H35N3O6S2. The number of unbranched alkanes of at least 4 members (excludes halogenated alkanes) is 2. The second kappa shape index (κ2) is 14.2. The van der Waals surface area contributed by atoms with Gasteiger partial charge in [-0.1, -0.05) is 69.2 Å². The van der Waals surface area contributed by atoms with Crippen molar-refractivity contribution in [3.05, 3.63) is 77.9 Å². The van der Waals surface area contributed by atoms with Gasteiger partial charge in [-0.25, -0.2) is 0 Å². The van der Waals surface area contributed by atoms with Crippen LogP contribution in [0.15, 0.2) is 72.3 Å². The number of carbonyl (C=O) groups is 2. The van der Waals surface area contributed by atoms with Crippen molar-refractivity contribution in [2.24, 2.45) is 0 Å². The summed E-state index contributed by atoms with van der Waals surface area (Å²) in [7, 11) is -4.08. The highest BCUT2D eigenvalue weighted by Crippen LogP contribution is 2.29. The predicted octanol–water partition coefficient (Wildman–Crippen LogP) is 4.48. The van der Waals surface area contributed by atoms with Crippen molar-refractivity contribution in [3.63, 3.8) is 0 Å². The minimum Gasteiger partial charge on any atom is -0.439 e. The molecule has 0 radical (unpaired) electrons. The third kappa shape index (κ3) is 8.35. The summed E-state index contributed by atoms with van der Waals surface area (Å²) in [5.74, 6) is -0.149. The quantitative estimate of drug-likeness (QED) is 0.159. The number of benzene rings is 1. The SMILES string of the molecule is CCCCN1C(=O)C(=CC=CC=C2OC(c3ccccc3)=CN2CCCS(=O)(=O)O)C(=O)N(CCCC)C1=S. The Morgan fingerprint density at radius 1 is 0.897 bits per heavy atom. The van der Waals surface area contributed by atoms with E-state index in [9.17, 15) is 18.0 Å². The van der Waals surface area contributed by atoms with E-state index in [0.717, 1.165) is 31.2 Å². The molecule has 3 rings (SSSR count). The average Bonchev–Trinajstić information content (AvgIpc) is 3.30. The van der Waals surface area contributed by atoms with Crippen molar-refractivity contribution >= 4 is 45.0 Å². The first-order valence-electron chi connectivity index (χ1n) is 13.1. The van der Waals surface area contributed by atoms with Gasteiger partial charge in [0.1, 0.15) is 5.57 Å². The molecule has 2 aliphatic rings. The maximum atomic E-state index is 13.1. The van der Waals surface area contributed by atoms with Crippen LogP contribution in [0, 0.1) is 0 Å². The zero-order valence-electron chi connectivity index (χ0n) is 22.3. The van der Waals surface area contributed by atoms with Crippen LogP contribution in [-0.4, -0.2) is 70.0 Å². The van der Waals surface area contributed by atoms with E-state index in [1.54, 1.807) is 29.3 Å². The van der Waals surface area contributed by atoms with E-state index in [0.29, 0.717) is 31.3 Å². The van der Waals surface area contributed by atoms with Crippen LogP contribution in [0.25, 0.3) is 5.76 Å².